The van der Waals surface area contributed by atoms with E-state index in [4.69, 9.17) is 21.3 Å². The van der Waals surface area contributed by atoms with Crippen LogP contribution >= 0.6 is 11.6 Å². The lowest BCUT2D eigenvalue weighted by Gasteiger charge is -2.10. The molecule has 0 aliphatic heterocycles. The molecule has 0 atom stereocenters. The van der Waals surface area contributed by atoms with Crippen molar-refractivity contribution in [3.05, 3.63) is 77.6 Å². The van der Waals surface area contributed by atoms with Crippen LogP contribution < -0.4 is 10.1 Å². The van der Waals surface area contributed by atoms with Crippen LogP contribution in [-0.4, -0.2) is 28.9 Å². The molecular formula is C27H28ClN3O2. The molecule has 0 bridgehead atoms. The Morgan fingerprint density at radius 3 is 2.48 bits per heavy atom. The molecule has 170 valence electrons. The van der Waals surface area contributed by atoms with E-state index in [1.807, 2.05) is 60.7 Å². The summed E-state index contributed by atoms with van der Waals surface area (Å²) in [5, 5.41) is 3.71. The van der Waals surface area contributed by atoms with Crippen LogP contribution in [-0.2, 0) is 11.2 Å². The second-order valence-electron chi connectivity index (χ2n) is 8.46. The van der Waals surface area contributed by atoms with Gasteiger partial charge in [-0.25, -0.2) is 4.98 Å². The van der Waals surface area contributed by atoms with Crippen LogP contribution in [0.3, 0.4) is 0 Å². The number of benzene rings is 2. The first-order chi connectivity index (χ1) is 16.0. The molecular weight excluding hydrogens is 434 g/mol. The molecule has 33 heavy (non-hydrogen) atoms. The van der Waals surface area contributed by atoms with Crippen molar-refractivity contribution in [3.8, 4) is 28.1 Å². The molecule has 4 aromatic rings. The summed E-state index contributed by atoms with van der Waals surface area (Å²) in [7, 11) is 1.65. The van der Waals surface area contributed by atoms with E-state index in [9.17, 15) is 4.79 Å². The van der Waals surface area contributed by atoms with Crippen LogP contribution in [0.4, 0.5) is 0 Å². The van der Waals surface area contributed by atoms with Crippen molar-refractivity contribution in [3.63, 3.8) is 0 Å². The number of fused-ring (bicyclic) bond motifs is 1. The molecule has 6 heteroatoms. The largest absolute Gasteiger partial charge is 0.497 e. The number of rotatable bonds is 8. The van der Waals surface area contributed by atoms with Crippen LogP contribution in [0.15, 0.2) is 66.9 Å². The van der Waals surface area contributed by atoms with Crippen LogP contribution in [0.2, 0.25) is 5.02 Å². The zero-order chi connectivity index (χ0) is 23.4. The summed E-state index contributed by atoms with van der Waals surface area (Å²) in [4.78, 5) is 17.4. The SMILES string of the molecule is COc1ccc(-c2nc3ccc(-c4ccccc4Cl)cn3c2CCC(=O)NCC(C)C)cc1. The number of hydrogen-bond acceptors (Lipinski definition) is 3. The molecule has 0 saturated heterocycles. The Balaban J connectivity index is 1.75. The van der Waals surface area contributed by atoms with Crippen molar-refractivity contribution in [1.82, 2.24) is 14.7 Å². The Hall–Kier alpha value is -3.31. The van der Waals surface area contributed by atoms with Gasteiger partial charge in [0.1, 0.15) is 11.4 Å². The second kappa shape index (κ2) is 10.1. The average Bonchev–Trinajstić information content (AvgIpc) is 3.19. The Labute approximate surface area is 199 Å². The highest BCUT2D eigenvalue weighted by Gasteiger charge is 2.17. The maximum Gasteiger partial charge on any atom is 0.220 e. The molecule has 4 rings (SSSR count). The number of methoxy groups -OCH3 is 1. The fourth-order valence-corrected chi connectivity index (χ4v) is 4.05. The van der Waals surface area contributed by atoms with Crippen molar-refractivity contribution in [2.45, 2.75) is 26.7 Å². The number of nitrogens with one attached hydrogen (secondary N) is 1. The van der Waals surface area contributed by atoms with Gasteiger partial charge >= 0.3 is 0 Å². The third-order valence-corrected chi connectivity index (χ3v) is 5.89. The predicted octanol–water partition coefficient (Wildman–Crippen LogP) is 6.04. The van der Waals surface area contributed by atoms with E-state index in [-0.39, 0.29) is 5.91 Å². The van der Waals surface area contributed by atoms with Gasteiger partial charge in [0, 0.05) is 35.3 Å². The first-order valence-corrected chi connectivity index (χ1v) is 11.5. The van der Waals surface area contributed by atoms with Gasteiger partial charge in [0.15, 0.2) is 0 Å². The number of carbonyl (C=O) groups excluding carboxylic acids is 1. The zero-order valence-corrected chi connectivity index (χ0v) is 19.9. The molecule has 2 aromatic carbocycles. The fraction of sp³-hybridized carbons (Fsp3) is 0.259. The number of aromatic nitrogens is 2. The summed E-state index contributed by atoms with van der Waals surface area (Å²) in [6.07, 6.45) is 3.01. The number of ether oxygens (including phenoxy) is 1. The number of amides is 1. The van der Waals surface area contributed by atoms with Gasteiger partial charge in [-0.15, -0.1) is 0 Å². The molecule has 2 heterocycles. The molecule has 1 N–H and O–H groups in total. The number of imidazole rings is 1. The Morgan fingerprint density at radius 2 is 1.79 bits per heavy atom. The molecule has 0 radical (unpaired) electrons. The number of hydrogen-bond donors (Lipinski definition) is 1. The molecule has 0 fully saturated rings. The minimum absolute atomic E-state index is 0.0431. The van der Waals surface area contributed by atoms with Crippen molar-refractivity contribution < 1.29 is 9.53 Å². The van der Waals surface area contributed by atoms with Gasteiger partial charge in [-0.2, -0.15) is 0 Å². The minimum atomic E-state index is 0.0431. The quantitative estimate of drug-likeness (QED) is 0.348. The second-order valence-corrected chi connectivity index (χ2v) is 8.87. The predicted molar refractivity (Wildman–Crippen MR) is 134 cm³/mol. The molecule has 1 amide bonds. The standard InChI is InChI=1S/C27H28ClN3O2/c1-18(2)16-29-26(32)15-13-24-27(19-8-11-21(33-3)12-9-19)30-25-14-10-20(17-31(24)25)22-6-4-5-7-23(22)28/h4-12,14,17-18H,13,15-16H2,1-3H3,(H,29,32). The van der Waals surface area contributed by atoms with Gasteiger partial charge in [-0.05, 0) is 60.4 Å². The summed E-state index contributed by atoms with van der Waals surface area (Å²) in [6, 6.07) is 19.7. The van der Waals surface area contributed by atoms with Gasteiger partial charge in [-0.3, -0.25) is 4.79 Å². The summed E-state index contributed by atoms with van der Waals surface area (Å²) in [5.74, 6) is 1.25. The van der Waals surface area contributed by atoms with Crippen LogP contribution in [0.5, 0.6) is 5.75 Å². The van der Waals surface area contributed by atoms with Crippen molar-refractivity contribution >= 4 is 23.2 Å². The maximum absolute atomic E-state index is 12.5. The van der Waals surface area contributed by atoms with Crippen LogP contribution in [0.25, 0.3) is 28.0 Å². The highest BCUT2D eigenvalue weighted by atomic mass is 35.5. The summed E-state index contributed by atoms with van der Waals surface area (Å²) >= 11 is 6.45. The van der Waals surface area contributed by atoms with E-state index < -0.39 is 0 Å². The molecule has 0 unspecified atom stereocenters. The van der Waals surface area contributed by atoms with E-state index in [1.165, 1.54) is 0 Å². The summed E-state index contributed by atoms with van der Waals surface area (Å²) in [6.45, 7) is 4.85. The average molecular weight is 462 g/mol. The number of aryl methyl sites for hydroxylation is 1. The minimum Gasteiger partial charge on any atom is -0.497 e. The summed E-state index contributed by atoms with van der Waals surface area (Å²) in [5.41, 5.74) is 5.62. The lowest BCUT2D eigenvalue weighted by Crippen LogP contribution is -2.27. The monoisotopic (exact) mass is 461 g/mol. The highest BCUT2D eigenvalue weighted by molar-refractivity contribution is 6.33. The molecule has 5 nitrogen and oxygen atoms in total. The molecule has 2 aromatic heterocycles. The number of pyridine rings is 1. The third kappa shape index (κ3) is 5.20. The van der Waals surface area contributed by atoms with Gasteiger partial charge in [0.05, 0.1) is 18.5 Å². The van der Waals surface area contributed by atoms with E-state index in [0.29, 0.717) is 30.3 Å². The smallest absolute Gasteiger partial charge is 0.220 e. The van der Waals surface area contributed by atoms with Crippen molar-refractivity contribution in [1.29, 1.82) is 0 Å². The topological polar surface area (TPSA) is 55.6 Å². The van der Waals surface area contributed by atoms with Gasteiger partial charge in [0.2, 0.25) is 5.91 Å². The number of carbonyl (C=O) groups is 1. The van der Waals surface area contributed by atoms with Crippen LogP contribution in [0, 0.1) is 5.92 Å². The first kappa shape index (κ1) is 22.9. The molecule has 0 spiro atoms. The maximum atomic E-state index is 12.5. The van der Waals surface area contributed by atoms with Crippen LogP contribution in [0.1, 0.15) is 26.0 Å². The Morgan fingerprint density at radius 1 is 1.06 bits per heavy atom. The lowest BCUT2D eigenvalue weighted by atomic mass is 10.1. The number of halogens is 1. The molecule has 0 saturated carbocycles. The van der Waals surface area contributed by atoms with E-state index in [2.05, 4.69) is 29.8 Å². The van der Waals surface area contributed by atoms with E-state index in [0.717, 1.165) is 39.5 Å². The van der Waals surface area contributed by atoms with Gasteiger partial charge in [0.25, 0.3) is 0 Å². The highest BCUT2D eigenvalue weighted by Crippen LogP contribution is 2.31. The van der Waals surface area contributed by atoms with E-state index >= 15 is 0 Å². The van der Waals surface area contributed by atoms with Gasteiger partial charge in [-0.1, -0.05) is 43.6 Å². The number of nitrogens with zero attached hydrogens (tertiary/aromatic N) is 2. The fourth-order valence-electron chi connectivity index (χ4n) is 3.81. The lowest BCUT2D eigenvalue weighted by molar-refractivity contribution is -0.121. The Bertz CT molecular complexity index is 1260. The van der Waals surface area contributed by atoms with E-state index in [1.54, 1.807) is 7.11 Å². The molecule has 0 aliphatic rings. The van der Waals surface area contributed by atoms with Crippen molar-refractivity contribution in [2.75, 3.05) is 13.7 Å². The molecule has 0 aliphatic carbocycles. The first-order valence-electron chi connectivity index (χ1n) is 11.1. The summed E-state index contributed by atoms with van der Waals surface area (Å²) < 4.78 is 7.38. The third-order valence-electron chi connectivity index (χ3n) is 5.56. The zero-order valence-electron chi connectivity index (χ0n) is 19.1. The van der Waals surface area contributed by atoms with Crippen molar-refractivity contribution in [2.24, 2.45) is 5.92 Å². The Kier molecular flexibility index (Phi) is 6.99. The van der Waals surface area contributed by atoms with Gasteiger partial charge < -0.3 is 14.5 Å². The normalized spacial score (nSPS) is 11.2.